The van der Waals surface area contributed by atoms with Gasteiger partial charge >= 0.3 is 0 Å². The third kappa shape index (κ3) is 3.03. The van der Waals surface area contributed by atoms with E-state index in [2.05, 4.69) is 19.1 Å². The molecule has 0 aliphatic rings. The Morgan fingerprint density at radius 3 is 2.50 bits per heavy atom. The normalized spacial score (nSPS) is 12.2. The number of hydrogen-bond donors (Lipinski definition) is 1. The van der Waals surface area contributed by atoms with E-state index in [1.54, 1.807) is 18.4 Å². The Bertz CT molecular complexity index is 510. The van der Waals surface area contributed by atoms with Gasteiger partial charge in [-0.25, -0.2) is 0 Å². The molecule has 18 heavy (non-hydrogen) atoms. The summed E-state index contributed by atoms with van der Waals surface area (Å²) in [5.41, 5.74) is 6.09. The largest absolute Gasteiger partial charge is 0.493 e. The number of methoxy groups -OCH3 is 1. The minimum atomic E-state index is -0.103. The fourth-order valence-corrected chi connectivity index (χ4v) is 2.52. The summed E-state index contributed by atoms with van der Waals surface area (Å²) in [4.78, 5) is 2.40. The fraction of sp³-hybridized carbons (Fsp3) is 0.286. The summed E-state index contributed by atoms with van der Waals surface area (Å²) in [6.45, 7) is 2.52. The smallest absolute Gasteiger partial charge is 0.161 e. The van der Waals surface area contributed by atoms with Gasteiger partial charge in [-0.05, 0) is 31.2 Å². The third-order valence-electron chi connectivity index (χ3n) is 2.61. The van der Waals surface area contributed by atoms with E-state index in [9.17, 15) is 0 Å². The minimum absolute atomic E-state index is 0.103. The van der Waals surface area contributed by atoms with Crippen molar-refractivity contribution in [3.8, 4) is 11.5 Å². The first-order valence-electron chi connectivity index (χ1n) is 5.78. The molecule has 0 bridgehead atoms. The predicted octanol–water partition coefficient (Wildman–Crippen LogP) is 3.14. The average molecular weight is 263 g/mol. The Kier molecular flexibility index (Phi) is 4.23. The summed E-state index contributed by atoms with van der Waals surface area (Å²) in [7, 11) is 1.63. The first-order chi connectivity index (χ1) is 8.70. The van der Waals surface area contributed by atoms with Gasteiger partial charge in [-0.3, -0.25) is 0 Å². The van der Waals surface area contributed by atoms with Gasteiger partial charge in [0.25, 0.3) is 0 Å². The Hall–Kier alpha value is -1.52. The van der Waals surface area contributed by atoms with E-state index in [1.807, 2.05) is 24.3 Å². The summed E-state index contributed by atoms with van der Waals surface area (Å²) in [5, 5.41) is 0. The highest BCUT2D eigenvalue weighted by Crippen LogP contribution is 2.27. The zero-order valence-electron chi connectivity index (χ0n) is 10.6. The number of nitrogens with two attached hydrogens (primary N) is 1. The molecule has 0 saturated carbocycles. The molecule has 1 unspecified atom stereocenters. The molecule has 1 aromatic carbocycles. The Morgan fingerprint density at radius 2 is 1.89 bits per heavy atom. The van der Waals surface area contributed by atoms with Crippen LogP contribution in [0.25, 0.3) is 0 Å². The minimum Gasteiger partial charge on any atom is -0.493 e. The molecule has 0 aliphatic heterocycles. The average Bonchev–Trinajstić information content (AvgIpc) is 2.83. The summed E-state index contributed by atoms with van der Waals surface area (Å²) < 4.78 is 10.9. The van der Waals surface area contributed by atoms with Gasteiger partial charge in [-0.2, -0.15) is 0 Å². The second kappa shape index (κ2) is 5.89. The van der Waals surface area contributed by atoms with Crippen LogP contribution in [0.2, 0.25) is 0 Å². The molecule has 0 saturated heterocycles. The molecule has 0 spiro atoms. The highest BCUT2D eigenvalue weighted by atomic mass is 32.1. The number of aryl methyl sites for hydroxylation is 1. The SMILES string of the molecule is COc1ccccc1OCC(N)c1ccc(C)s1. The lowest BCUT2D eigenvalue weighted by atomic mass is 10.2. The van der Waals surface area contributed by atoms with E-state index in [1.165, 1.54) is 4.88 Å². The maximum Gasteiger partial charge on any atom is 0.161 e. The van der Waals surface area contributed by atoms with Crippen molar-refractivity contribution in [1.29, 1.82) is 0 Å². The number of ether oxygens (including phenoxy) is 2. The molecule has 2 rings (SSSR count). The molecule has 0 radical (unpaired) electrons. The topological polar surface area (TPSA) is 44.5 Å². The van der Waals surface area contributed by atoms with Crippen molar-refractivity contribution in [2.45, 2.75) is 13.0 Å². The number of hydrogen-bond acceptors (Lipinski definition) is 4. The number of para-hydroxylation sites is 2. The molecule has 0 amide bonds. The van der Waals surface area contributed by atoms with Crippen LogP contribution in [0, 0.1) is 6.92 Å². The van der Waals surface area contributed by atoms with Crippen LogP contribution in [-0.4, -0.2) is 13.7 Å². The monoisotopic (exact) mass is 263 g/mol. The van der Waals surface area contributed by atoms with Crippen molar-refractivity contribution in [2.24, 2.45) is 5.73 Å². The van der Waals surface area contributed by atoms with Crippen LogP contribution >= 0.6 is 11.3 Å². The van der Waals surface area contributed by atoms with Gasteiger partial charge in [0.05, 0.1) is 13.2 Å². The molecule has 1 atom stereocenters. The van der Waals surface area contributed by atoms with Gasteiger partial charge < -0.3 is 15.2 Å². The number of benzene rings is 1. The van der Waals surface area contributed by atoms with E-state index < -0.39 is 0 Å². The first kappa shape index (κ1) is 12.9. The predicted molar refractivity (Wildman–Crippen MR) is 74.5 cm³/mol. The van der Waals surface area contributed by atoms with Gasteiger partial charge in [-0.15, -0.1) is 11.3 Å². The van der Waals surface area contributed by atoms with Crippen LogP contribution in [0.1, 0.15) is 15.8 Å². The summed E-state index contributed by atoms with van der Waals surface area (Å²) in [5.74, 6) is 1.45. The second-order valence-corrected chi connectivity index (χ2v) is 5.34. The van der Waals surface area contributed by atoms with Crippen LogP contribution in [0.5, 0.6) is 11.5 Å². The molecule has 4 heteroatoms. The molecule has 96 valence electrons. The van der Waals surface area contributed by atoms with Crippen LogP contribution in [0.3, 0.4) is 0 Å². The molecule has 2 N–H and O–H groups in total. The highest BCUT2D eigenvalue weighted by Gasteiger charge is 2.10. The maximum absolute atomic E-state index is 6.09. The lowest BCUT2D eigenvalue weighted by molar-refractivity contribution is 0.274. The molecule has 3 nitrogen and oxygen atoms in total. The molecular formula is C14H17NO2S. The fourth-order valence-electron chi connectivity index (χ4n) is 1.65. The standard InChI is InChI=1S/C14H17NO2S/c1-10-7-8-14(18-10)11(15)9-17-13-6-4-3-5-12(13)16-2/h3-8,11H,9,15H2,1-2H3. The van der Waals surface area contributed by atoms with Crippen LogP contribution in [-0.2, 0) is 0 Å². The van der Waals surface area contributed by atoms with E-state index in [-0.39, 0.29) is 6.04 Å². The van der Waals surface area contributed by atoms with Crippen LogP contribution in [0.4, 0.5) is 0 Å². The zero-order valence-corrected chi connectivity index (χ0v) is 11.4. The van der Waals surface area contributed by atoms with Crippen LogP contribution in [0.15, 0.2) is 36.4 Å². The van der Waals surface area contributed by atoms with Gasteiger partial charge in [0.2, 0.25) is 0 Å². The van der Waals surface area contributed by atoms with Gasteiger partial charge in [0.15, 0.2) is 11.5 Å². The quantitative estimate of drug-likeness (QED) is 0.901. The van der Waals surface area contributed by atoms with Gasteiger partial charge in [-0.1, -0.05) is 12.1 Å². The van der Waals surface area contributed by atoms with Gasteiger partial charge in [0, 0.05) is 9.75 Å². The molecule has 1 heterocycles. The third-order valence-corrected chi connectivity index (χ3v) is 3.75. The Balaban J connectivity index is 1.99. The zero-order chi connectivity index (χ0) is 13.0. The van der Waals surface area contributed by atoms with Crippen molar-refractivity contribution in [1.82, 2.24) is 0 Å². The maximum atomic E-state index is 6.09. The molecular weight excluding hydrogens is 246 g/mol. The van der Waals surface area contributed by atoms with Crippen molar-refractivity contribution in [3.63, 3.8) is 0 Å². The lowest BCUT2D eigenvalue weighted by Gasteiger charge is -2.13. The van der Waals surface area contributed by atoms with Crippen molar-refractivity contribution >= 4 is 11.3 Å². The molecule has 1 aromatic heterocycles. The second-order valence-electron chi connectivity index (χ2n) is 4.02. The lowest BCUT2D eigenvalue weighted by Crippen LogP contribution is -2.18. The summed E-state index contributed by atoms with van der Waals surface area (Å²) in [6.07, 6.45) is 0. The summed E-state index contributed by atoms with van der Waals surface area (Å²) in [6, 6.07) is 11.6. The van der Waals surface area contributed by atoms with E-state index in [0.717, 1.165) is 16.4 Å². The van der Waals surface area contributed by atoms with E-state index >= 15 is 0 Å². The number of rotatable bonds is 5. The van der Waals surface area contributed by atoms with E-state index in [4.69, 9.17) is 15.2 Å². The Morgan fingerprint density at radius 1 is 1.17 bits per heavy atom. The molecule has 2 aromatic rings. The molecule has 0 fully saturated rings. The van der Waals surface area contributed by atoms with E-state index in [0.29, 0.717) is 6.61 Å². The Labute approximate surface area is 111 Å². The number of thiophene rings is 1. The van der Waals surface area contributed by atoms with Crippen molar-refractivity contribution in [3.05, 3.63) is 46.2 Å². The van der Waals surface area contributed by atoms with Crippen molar-refractivity contribution in [2.75, 3.05) is 13.7 Å². The van der Waals surface area contributed by atoms with Gasteiger partial charge in [0.1, 0.15) is 6.61 Å². The molecule has 0 aliphatic carbocycles. The van der Waals surface area contributed by atoms with Crippen LogP contribution < -0.4 is 15.2 Å². The summed E-state index contributed by atoms with van der Waals surface area (Å²) >= 11 is 1.70. The van der Waals surface area contributed by atoms with Crippen molar-refractivity contribution < 1.29 is 9.47 Å². The highest BCUT2D eigenvalue weighted by molar-refractivity contribution is 7.12. The first-order valence-corrected chi connectivity index (χ1v) is 6.60.